The number of carbonyl (C=O) groups is 1. The Morgan fingerprint density at radius 2 is 1.83 bits per heavy atom. The fraction of sp³-hybridized carbons (Fsp3) is 0.368. The Kier molecular flexibility index (Phi) is 6.32. The fourth-order valence-electron chi connectivity index (χ4n) is 3.17. The highest BCUT2D eigenvalue weighted by Crippen LogP contribution is 2.26. The van der Waals surface area contributed by atoms with Gasteiger partial charge in [-0.15, -0.1) is 13.2 Å². The lowest BCUT2D eigenvalue weighted by molar-refractivity contribution is -0.303. The zero-order valence-electron chi connectivity index (χ0n) is 16.1. The van der Waals surface area contributed by atoms with Crippen molar-refractivity contribution in [2.45, 2.75) is 19.7 Å². The molecule has 2 heterocycles. The summed E-state index contributed by atoms with van der Waals surface area (Å²) in [5, 5.41) is 0. The molecule has 0 aromatic carbocycles. The molecule has 1 aliphatic heterocycles. The standard InChI is InChI=1S/C19H20F3N3O4S/c1-14-15(13-26)5-8-18(23-14)24-9-11-25(12-10-24)30(27,28)17-4-2-3-16(6-7-17)29-19(20,21)22/h2-3,5-8,13H,4,9-12H2,1H3. The van der Waals surface area contributed by atoms with Crippen LogP contribution in [0.5, 0.6) is 0 Å². The van der Waals surface area contributed by atoms with Crippen molar-refractivity contribution in [3.63, 3.8) is 0 Å². The van der Waals surface area contributed by atoms with Crippen molar-refractivity contribution in [3.05, 3.63) is 58.4 Å². The molecule has 1 aromatic heterocycles. The van der Waals surface area contributed by atoms with Gasteiger partial charge < -0.3 is 9.64 Å². The monoisotopic (exact) mass is 443 g/mol. The van der Waals surface area contributed by atoms with E-state index in [0.29, 0.717) is 30.2 Å². The van der Waals surface area contributed by atoms with E-state index < -0.39 is 22.1 Å². The van der Waals surface area contributed by atoms with Gasteiger partial charge >= 0.3 is 6.36 Å². The van der Waals surface area contributed by atoms with Crippen LogP contribution in [0.1, 0.15) is 22.5 Å². The second-order valence-electron chi connectivity index (χ2n) is 6.71. The largest absolute Gasteiger partial charge is 0.573 e. The smallest absolute Gasteiger partial charge is 0.406 e. The molecule has 1 aromatic rings. The van der Waals surface area contributed by atoms with E-state index in [1.807, 2.05) is 4.90 Å². The molecule has 0 radical (unpaired) electrons. The number of nitrogens with zero attached hydrogens (tertiary/aromatic N) is 3. The summed E-state index contributed by atoms with van der Waals surface area (Å²) >= 11 is 0. The molecule has 0 saturated carbocycles. The summed E-state index contributed by atoms with van der Waals surface area (Å²) in [4.78, 5) is 17.2. The zero-order chi connectivity index (χ0) is 21.9. The van der Waals surface area contributed by atoms with Crippen molar-refractivity contribution in [2.75, 3.05) is 31.1 Å². The van der Waals surface area contributed by atoms with Crippen LogP contribution in [-0.2, 0) is 14.8 Å². The van der Waals surface area contributed by atoms with Crippen molar-refractivity contribution < 1.29 is 31.1 Å². The number of aryl methyl sites for hydroxylation is 1. The average molecular weight is 443 g/mol. The van der Waals surface area contributed by atoms with E-state index >= 15 is 0 Å². The summed E-state index contributed by atoms with van der Waals surface area (Å²) < 4.78 is 68.1. The van der Waals surface area contributed by atoms with Crippen LogP contribution in [0.2, 0.25) is 0 Å². The third-order valence-corrected chi connectivity index (χ3v) is 6.75. The number of carbonyl (C=O) groups excluding carboxylic acids is 1. The maximum absolute atomic E-state index is 12.9. The van der Waals surface area contributed by atoms with Crippen LogP contribution >= 0.6 is 0 Å². The maximum Gasteiger partial charge on any atom is 0.573 e. The number of hydrogen-bond acceptors (Lipinski definition) is 6. The first-order chi connectivity index (χ1) is 14.1. The number of halogens is 3. The molecule has 0 unspecified atom stereocenters. The molecule has 7 nitrogen and oxygen atoms in total. The topological polar surface area (TPSA) is 79.8 Å². The Labute approximate surface area is 172 Å². The van der Waals surface area contributed by atoms with Crippen molar-refractivity contribution in [3.8, 4) is 0 Å². The molecule has 2 aliphatic rings. The molecule has 1 fully saturated rings. The highest BCUT2D eigenvalue weighted by atomic mass is 32.2. The second-order valence-corrected chi connectivity index (χ2v) is 8.70. The molecule has 30 heavy (non-hydrogen) atoms. The van der Waals surface area contributed by atoms with Crippen LogP contribution in [0.3, 0.4) is 0 Å². The SMILES string of the molecule is Cc1nc(N2CCN(S(=O)(=O)C3=CC=C(OC(F)(F)F)C=CC3)CC2)ccc1C=O. The molecule has 0 atom stereocenters. The second kappa shape index (κ2) is 8.60. The molecule has 0 amide bonds. The number of aromatic nitrogens is 1. The summed E-state index contributed by atoms with van der Waals surface area (Å²) in [7, 11) is -3.83. The zero-order valence-corrected chi connectivity index (χ0v) is 16.9. The van der Waals surface area contributed by atoms with Crippen LogP contribution in [0.4, 0.5) is 19.0 Å². The minimum atomic E-state index is -4.85. The van der Waals surface area contributed by atoms with E-state index in [-0.39, 0.29) is 24.4 Å². The van der Waals surface area contributed by atoms with Gasteiger partial charge in [-0.2, -0.15) is 4.31 Å². The fourth-order valence-corrected chi connectivity index (χ4v) is 4.69. The first kappa shape index (κ1) is 22.0. The highest BCUT2D eigenvalue weighted by Gasteiger charge is 2.33. The van der Waals surface area contributed by atoms with Gasteiger partial charge in [-0.25, -0.2) is 13.4 Å². The Morgan fingerprint density at radius 3 is 2.43 bits per heavy atom. The molecular formula is C19H20F3N3O4S. The summed E-state index contributed by atoms with van der Waals surface area (Å²) in [5.41, 5.74) is 1.09. The summed E-state index contributed by atoms with van der Waals surface area (Å²) in [5.74, 6) is 0.182. The Hall–Kier alpha value is -2.66. The van der Waals surface area contributed by atoms with Crippen LogP contribution in [0.15, 0.2) is 47.1 Å². The lowest BCUT2D eigenvalue weighted by atomic mass is 10.2. The minimum Gasteiger partial charge on any atom is -0.406 e. The highest BCUT2D eigenvalue weighted by molar-refractivity contribution is 7.93. The third-order valence-electron chi connectivity index (χ3n) is 4.74. The number of sulfonamides is 1. The van der Waals surface area contributed by atoms with E-state index in [1.165, 1.54) is 10.4 Å². The van der Waals surface area contributed by atoms with Gasteiger partial charge in [0.2, 0.25) is 10.0 Å². The number of ether oxygens (including phenoxy) is 1. The minimum absolute atomic E-state index is 0.00252. The van der Waals surface area contributed by atoms with Crippen LogP contribution in [0.25, 0.3) is 0 Å². The number of piperazine rings is 1. The molecule has 162 valence electrons. The van der Waals surface area contributed by atoms with Gasteiger partial charge in [0.05, 0.1) is 10.6 Å². The molecule has 0 N–H and O–H groups in total. The van der Waals surface area contributed by atoms with Crippen molar-refractivity contribution >= 4 is 22.1 Å². The Balaban J connectivity index is 1.69. The molecule has 0 bridgehead atoms. The van der Waals surface area contributed by atoms with Gasteiger partial charge in [-0.1, -0.05) is 6.08 Å². The van der Waals surface area contributed by atoms with Gasteiger partial charge in [-0.05, 0) is 37.3 Å². The predicted octanol–water partition coefficient (Wildman–Crippen LogP) is 2.92. The van der Waals surface area contributed by atoms with Crippen molar-refractivity contribution in [1.82, 2.24) is 9.29 Å². The molecule has 1 aliphatic carbocycles. The molecular weight excluding hydrogens is 423 g/mol. The van der Waals surface area contributed by atoms with E-state index in [0.717, 1.165) is 24.5 Å². The summed E-state index contributed by atoms with van der Waals surface area (Å²) in [6.07, 6.45) is 0.420. The van der Waals surface area contributed by atoms with Crippen LogP contribution in [0, 0.1) is 6.92 Å². The van der Waals surface area contributed by atoms with Gasteiger partial charge in [-0.3, -0.25) is 4.79 Å². The number of anilines is 1. The van der Waals surface area contributed by atoms with Gasteiger partial charge in [0.15, 0.2) is 6.29 Å². The van der Waals surface area contributed by atoms with Gasteiger partial charge in [0, 0.05) is 38.2 Å². The number of pyridine rings is 1. The van der Waals surface area contributed by atoms with E-state index in [1.54, 1.807) is 19.1 Å². The lowest BCUT2D eigenvalue weighted by Gasteiger charge is -2.35. The van der Waals surface area contributed by atoms with Gasteiger partial charge in [0.1, 0.15) is 11.6 Å². The summed E-state index contributed by atoms with van der Waals surface area (Å²) in [6, 6.07) is 3.38. The van der Waals surface area contributed by atoms with Crippen LogP contribution < -0.4 is 4.90 Å². The summed E-state index contributed by atoms with van der Waals surface area (Å²) in [6.45, 7) is 2.93. The van der Waals surface area contributed by atoms with E-state index in [2.05, 4.69) is 9.72 Å². The Bertz CT molecular complexity index is 1010. The van der Waals surface area contributed by atoms with Crippen molar-refractivity contribution in [1.29, 1.82) is 0 Å². The molecule has 11 heteroatoms. The normalized spacial score (nSPS) is 18.5. The molecule has 0 spiro atoms. The molecule has 1 saturated heterocycles. The average Bonchev–Trinajstić information content (AvgIpc) is 2.92. The number of alkyl halides is 3. The number of allylic oxidation sites excluding steroid dienone is 5. The first-order valence-electron chi connectivity index (χ1n) is 9.11. The molecule has 3 rings (SSSR count). The van der Waals surface area contributed by atoms with Crippen molar-refractivity contribution in [2.24, 2.45) is 0 Å². The predicted molar refractivity (Wildman–Crippen MR) is 104 cm³/mol. The Morgan fingerprint density at radius 1 is 1.13 bits per heavy atom. The number of aldehydes is 1. The number of hydrogen-bond donors (Lipinski definition) is 0. The first-order valence-corrected chi connectivity index (χ1v) is 10.6. The lowest BCUT2D eigenvalue weighted by Crippen LogP contribution is -2.49. The number of rotatable bonds is 5. The van der Waals surface area contributed by atoms with Crippen LogP contribution in [-0.4, -0.2) is 56.5 Å². The van der Waals surface area contributed by atoms with Gasteiger partial charge in [0.25, 0.3) is 0 Å². The maximum atomic E-state index is 12.9. The third kappa shape index (κ3) is 5.08. The van der Waals surface area contributed by atoms with E-state index in [4.69, 9.17) is 0 Å². The van der Waals surface area contributed by atoms with E-state index in [9.17, 15) is 26.4 Å². The quantitative estimate of drug-likeness (QED) is 0.651.